The molecule has 1 aromatic heterocycles. The van der Waals surface area contributed by atoms with Gasteiger partial charge in [0.2, 0.25) is 5.43 Å². The Hall–Kier alpha value is -3.49. The molecule has 0 amide bonds. The fourth-order valence-electron chi connectivity index (χ4n) is 2.97. The summed E-state index contributed by atoms with van der Waals surface area (Å²) in [6.45, 7) is 0.0571. The zero-order chi connectivity index (χ0) is 20.8. The van der Waals surface area contributed by atoms with Crippen molar-refractivity contribution in [2.45, 2.75) is 19.3 Å². The molecule has 0 saturated carbocycles. The fourth-order valence-corrected chi connectivity index (χ4v) is 2.97. The summed E-state index contributed by atoms with van der Waals surface area (Å²) < 4.78 is 7.30. The van der Waals surface area contributed by atoms with Crippen molar-refractivity contribution >= 4 is 5.69 Å². The number of aliphatic hydroxyl groups is 2. The van der Waals surface area contributed by atoms with Crippen LogP contribution in [-0.4, -0.2) is 26.3 Å². The second-order valence-electron chi connectivity index (χ2n) is 6.34. The highest BCUT2D eigenvalue weighted by Gasteiger charge is 2.23. The third-order valence-electron chi connectivity index (χ3n) is 4.42. The summed E-state index contributed by atoms with van der Waals surface area (Å²) in [5.74, 6) is -0.0318. The number of aromatic nitrogens is 1. The molecular weight excluding hydrogens is 376 g/mol. The first-order chi connectivity index (χ1) is 14.0. The first-order valence-electron chi connectivity index (χ1n) is 8.94. The van der Waals surface area contributed by atoms with Crippen molar-refractivity contribution in [3.63, 3.8) is 0 Å². The predicted molar refractivity (Wildman–Crippen MR) is 106 cm³/mol. The molecule has 1 heterocycles. The Morgan fingerprint density at radius 3 is 2.38 bits per heavy atom. The topological polar surface area (TPSA) is 115 Å². The van der Waals surface area contributed by atoms with E-state index in [0.29, 0.717) is 5.56 Å². The second kappa shape index (κ2) is 9.13. The largest absolute Gasteiger partial charge is 0.483 e. The summed E-state index contributed by atoms with van der Waals surface area (Å²) in [4.78, 5) is 22.8. The maximum atomic E-state index is 12.5. The maximum absolute atomic E-state index is 12.5. The number of nitrogens with zero attached hydrogens (tertiary/aromatic N) is 2. The van der Waals surface area contributed by atoms with Crippen molar-refractivity contribution in [3.8, 4) is 5.75 Å². The second-order valence-corrected chi connectivity index (χ2v) is 6.34. The van der Waals surface area contributed by atoms with Crippen LogP contribution in [0.5, 0.6) is 5.75 Å². The highest BCUT2D eigenvalue weighted by Crippen LogP contribution is 2.29. The van der Waals surface area contributed by atoms with E-state index in [1.165, 1.54) is 41.1 Å². The molecule has 0 saturated heterocycles. The van der Waals surface area contributed by atoms with Gasteiger partial charge in [-0.05, 0) is 23.3 Å². The van der Waals surface area contributed by atoms with Crippen LogP contribution < -0.4 is 10.2 Å². The molecule has 3 aromatic rings. The number of non-ortho nitro benzene ring substituents is 1. The van der Waals surface area contributed by atoms with E-state index in [4.69, 9.17) is 4.74 Å². The van der Waals surface area contributed by atoms with E-state index in [1.807, 2.05) is 30.3 Å². The van der Waals surface area contributed by atoms with Crippen LogP contribution in [0.1, 0.15) is 22.9 Å². The lowest BCUT2D eigenvalue weighted by atomic mass is 10.0. The number of hydrogen-bond acceptors (Lipinski definition) is 6. The molecule has 2 N–H and O–H groups in total. The fraction of sp³-hybridized carbons (Fsp3) is 0.190. The molecule has 0 aliphatic heterocycles. The minimum atomic E-state index is -1.28. The molecule has 0 fully saturated rings. The lowest BCUT2D eigenvalue weighted by Crippen LogP contribution is -2.21. The van der Waals surface area contributed by atoms with E-state index in [9.17, 15) is 25.1 Å². The van der Waals surface area contributed by atoms with Crippen molar-refractivity contribution in [3.05, 3.63) is 104 Å². The van der Waals surface area contributed by atoms with Gasteiger partial charge in [0.25, 0.3) is 5.69 Å². The maximum Gasteiger partial charge on any atom is 0.269 e. The van der Waals surface area contributed by atoms with Gasteiger partial charge >= 0.3 is 0 Å². The average molecular weight is 396 g/mol. The zero-order valence-electron chi connectivity index (χ0n) is 15.5. The molecule has 0 bridgehead atoms. The Kier molecular flexibility index (Phi) is 6.38. The molecule has 3 rings (SSSR count). The van der Waals surface area contributed by atoms with Gasteiger partial charge < -0.3 is 19.5 Å². The van der Waals surface area contributed by atoms with Crippen LogP contribution in [0.3, 0.4) is 0 Å². The molecule has 29 heavy (non-hydrogen) atoms. The summed E-state index contributed by atoms with van der Waals surface area (Å²) in [6, 6.07) is 16.0. The molecule has 1 atom stereocenters. The molecule has 1 unspecified atom stereocenters. The average Bonchev–Trinajstić information content (AvgIpc) is 2.74. The van der Waals surface area contributed by atoms with Crippen molar-refractivity contribution < 1.29 is 19.9 Å². The van der Waals surface area contributed by atoms with E-state index >= 15 is 0 Å². The third-order valence-corrected chi connectivity index (χ3v) is 4.42. The van der Waals surface area contributed by atoms with Crippen LogP contribution in [0.15, 0.2) is 71.7 Å². The van der Waals surface area contributed by atoms with Gasteiger partial charge in [0.05, 0.1) is 17.2 Å². The van der Waals surface area contributed by atoms with Crippen LogP contribution in [0.2, 0.25) is 0 Å². The Balaban J connectivity index is 2.00. The molecule has 8 heteroatoms. The van der Waals surface area contributed by atoms with E-state index in [2.05, 4.69) is 0 Å². The van der Waals surface area contributed by atoms with E-state index < -0.39 is 16.5 Å². The number of aliphatic hydroxyl groups excluding tert-OH is 2. The molecule has 2 aromatic carbocycles. The van der Waals surface area contributed by atoms with Gasteiger partial charge in [-0.1, -0.05) is 30.3 Å². The minimum Gasteiger partial charge on any atom is -0.483 e. The molecule has 0 aliphatic rings. The van der Waals surface area contributed by atoms with E-state index in [1.54, 1.807) is 0 Å². The molecule has 0 spiro atoms. The van der Waals surface area contributed by atoms with Crippen LogP contribution in [-0.2, 0) is 13.2 Å². The highest BCUT2D eigenvalue weighted by atomic mass is 16.6. The Morgan fingerprint density at radius 2 is 1.76 bits per heavy atom. The summed E-state index contributed by atoms with van der Waals surface area (Å²) in [7, 11) is 0. The number of pyridine rings is 1. The SMILES string of the molecule is O=c1ccn(CCO)c(C(O)c2ccc([N+](=O)[O-])cc2)c1OCc1ccccc1. The quantitative estimate of drug-likeness (QED) is 0.446. The van der Waals surface area contributed by atoms with Gasteiger partial charge in [-0.2, -0.15) is 0 Å². The smallest absolute Gasteiger partial charge is 0.269 e. The molecule has 8 nitrogen and oxygen atoms in total. The summed E-state index contributed by atoms with van der Waals surface area (Å²) in [5.41, 5.74) is 0.863. The zero-order valence-corrected chi connectivity index (χ0v) is 15.5. The summed E-state index contributed by atoms with van der Waals surface area (Å²) in [6.07, 6.45) is 0.194. The standard InChI is InChI=1S/C21H20N2O6/c24-13-12-22-11-10-18(25)21(29-14-15-4-2-1-3-5-15)19(22)20(26)16-6-8-17(9-7-16)23(27)28/h1-11,20,24,26H,12-14H2. The van der Waals surface area contributed by atoms with Crippen molar-refractivity contribution in [1.82, 2.24) is 4.57 Å². The normalized spacial score (nSPS) is 11.8. The number of benzene rings is 2. The number of rotatable bonds is 8. The van der Waals surface area contributed by atoms with Crippen LogP contribution in [0.25, 0.3) is 0 Å². The Labute approximate surface area is 166 Å². The summed E-state index contributed by atoms with van der Waals surface area (Å²) >= 11 is 0. The number of nitro groups is 1. The predicted octanol–water partition coefficient (Wildman–Crippen LogP) is 2.41. The van der Waals surface area contributed by atoms with E-state index in [-0.39, 0.29) is 36.9 Å². The highest BCUT2D eigenvalue weighted by molar-refractivity contribution is 5.40. The first kappa shape index (κ1) is 20.2. The van der Waals surface area contributed by atoms with Crippen molar-refractivity contribution in [2.75, 3.05) is 6.61 Å². The van der Waals surface area contributed by atoms with Crippen molar-refractivity contribution in [1.29, 1.82) is 0 Å². The number of nitro benzene ring substituents is 1. The Morgan fingerprint density at radius 1 is 1.07 bits per heavy atom. The first-order valence-corrected chi connectivity index (χ1v) is 8.94. The lowest BCUT2D eigenvalue weighted by molar-refractivity contribution is -0.384. The van der Waals surface area contributed by atoms with Gasteiger partial charge in [-0.25, -0.2) is 0 Å². The van der Waals surface area contributed by atoms with Gasteiger partial charge in [0.15, 0.2) is 5.75 Å². The molecule has 0 radical (unpaired) electrons. The van der Waals surface area contributed by atoms with Crippen LogP contribution >= 0.6 is 0 Å². The van der Waals surface area contributed by atoms with E-state index in [0.717, 1.165) is 5.56 Å². The molecular formula is C21H20N2O6. The van der Waals surface area contributed by atoms with Gasteiger partial charge in [-0.15, -0.1) is 0 Å². The monoisotopic (exact) mass is 396 g/mol. The lowest BCUT2D eigenvalue weighted by Gasteiger charge is -2.21. The van der Waals surface area contributed by atoms with Gasteiger partial charge in [0.1, 0.15) is 12.7 Å². The number of ether oxygens (including phenoxy) is 1. The van der Waals surface area contributed by atoms with Crippen LogP contribution in [0, 0.1) is 10.1 Å². The summed E-state index contributed by atoms with van der Waals surface area (Å²) in [5, 5.41) is 31.2. The van der Waals surface area contributed by atoms with Crippen molar-refractivity contribution in [2.24, 2.45) is 0 Å². The Bertz CT molecular complexity index is 1030. The molecule has 150 valence electrons. The van der Waals surface area contributed by atoms with Gasteiger partial charge in [-0.3, -0.25) is 14.9 Å². The third kappa shape index (κ3) is 4.68. The van der Waals surface area contributed by atoms with Crippen LogP contribution in [0.4, 0.5) is 5.69 Å². The number of hydrogen-bond donors (Lipinski definition) is 2. The molecule has 0 aliphatic carbocycles. The van der Waals surface area contributed by atoms with Gasteiger partial charge in [0, 0.05) is 30.9 Å². The minimum absolute atomic E-state index is 0.0318.